The van der Waals surface area contributed by atoms with Gasteiger partial charge >= 0.3 is 0 Å². The van der Waals surface area contributed by atoms with Crippen LogP contribution in [0.15, 0.2) is 30.3 Å². The quantitative estimate of drug-likeness (QED) is 0.822. The zero-order valence-corrected chi connectivity index (χ0v) is 10.3. The highest BCUT2D eigenvalue weighted by Gasteiger charge is 2.10. The van der Waals surface area contributed by atoms with Gasteiger partial charge in [0.2, 0.25) is 11.8 Å². The van der Waals surface area contributed by atoms with Gasteiger partial charge in [-0.15, -0.1) is 0 Å². The number of fused-ring (bicyclic) bond motifs is 1. The van der Waals surface area contributed by atoms with Gasteiger partial charge < -0.3 is 10.5 Å². The number of pyridine rings is 1. The Kier molecular flexibility index (Phi) is 3.77. The smallest absolute Gasteiger partial charge is 0.249 e. The zero-order valence-electron chi connectivity index (χ0n) is 10.3. The van der Waals surface area contributed by atoms with Gasteiger partial charge in [-0.3, -0.25) is 4.79 Å². The van der Waals surface area contributed by atoms with E-state index in [0.717, 1.165) is 23.7 Å². The van der Waals surface area contributed by atoms with Crippen LogP contribution in [-0.4, -0.2) is 17.5 Å². The predicted molar refractivity (Wildman–Crippen MR) is 70.7 cm³/mol. The molecule has 1 amide bonds. The van der Waals surface area contributed by atoms with Gasteiger partial charge in [-0.05, 0) is 12.5 Å². The molecule has 0 aliphatic heterocycles. The van der Waals surface area contributed by atoms with Gasteiger partial charge in [0.1, 0.15) is 0 Å². The van der Waals surface area contributed by atoms with E-state index < -0.39 is 5.91 Å². The van der Waals surface area contributed by atoms with Crippen LogP contribution in [-0.2, 0) is 0 Å². The summed E-state index contributed by atoms with van der Waals surface area (Å²) >= 11 is 0. The molecule has 0 spiro atoms. The highest BCUT2D eigenvalue weighted by atomic mass is 16.5. The number of nitrogens with zero attached hydrogens (tertiary/aromatic N) is 1. The van der Waals surface area contributed by atoms with E-state index in [9.17, 15) is 4.79 Å². The van der Waals surface area contributed by atoms with E-state index in [0.29, 0.717) is 18.1 Å². The number of aromatic nitrogens is 1. The zero-order chi connectivity index (χ0) is 13.0. The third-order valence-corrected chi connectivity index (χ3v) is 2.71. The van der Waals surface area contributed by atoms with Gasteiger partial charge in [0.15, 0.2) is 0 Å². The Labute approximate surface area is 106 Å². The Morgan fingerprint density at radius 3 is 2.89 bits per heavy atom. The minimum Gasteiger partial charge on any atom is -0.478 e. The summed E-state index contributed by atoms with van der Waals surface area (Å²) in [7, 11) is 0. The van der Waals surface area contributed by atoms with E-state index in [-0.39, 0.29) is 0 Å². The molecule has 0 fully saturated rings. The van der Waals surface area contributed by atoms with Crippen LogP contribution in [0.5, 0.6) is 5.88 Å². The number of rotatable bonds is 5. The Morgan fingerprint density at radius 2 is 2.17 bits per heavy atom. The van der Waals surface area contributed by atoms with Gasteiger partial charge in [-0.25, -0.2) is 4.98 Å². The lowest BCUT2D eigenvalue weighted by Gasteiger charge is -2.08. The molecule has 1 heterocycles. The molecule has 1 aromatic carbocycles. The minimum atomic E-state index is -0.464. The number of carbonyl (C=O) groups is 1. The number of hydrogen-bond donors (Lipinski definition) is 1. The van der Waals surface area contributed by atoms with Crippen molar-refractivity contribution in [2.45, 2.75) is 19.8 Å². The highest BCUT2D eigenvalue weighted by Crippen LogP contribution is 2.21. The second kappa shape index (κ2) is 5.49. The molecule has 4 heteroatoms. The number of primary amides is 1. The maximum Gasteiger partial charge on any atom is 0.249 e. The van der Waals surface area contributed by atoms with Crippen molar-refractivity contribution in [1.29, 1.82) is 0 Å². The molecule has 1 aromatic heterocycles. The predicted octanol–water partition coefficient (Wildman–Crippen LogP) is 2.51. The SMILES string of the molecule is CCCCOc1cc(C(N)=O)c2ccccc2n1. The lowest BCUT2D eigenvalue weighted by atomic mass is 10.1. The second-order valence-electron chi connectivity index (χ2n) is 4.09. The molecular weight excluding hydrogens is 228 g/mol. The van der Waals surface area contributed by atoms with Crippen molar-refractivity contribution in [2.75, 3.05) is 6.61 Å². The number of benzene rings is 1. The van der Waals surface area contributed by atoms with Crippen molar-refractivity contribution in [3.05, 3.63) is 35.9 Å². The van der Waals surface area contributed by atoms with E-state index in [1.165, 1.54) is 0 Å². The number of amides is 1. The van der Waals surface area contributed by atoms with E-state index in [4.69, 9.17) is 10.5 Å². The molecule has 2 N–H and O–H groups in total. The summed E-state index contributed by atoms with van der Waals surface area (Å²) in [5.74, 6) is -0.00936. The van der Waals surface area contributed by atoms with Gasteiger partial charge in [-0.2, -0.15) is 0 Å². The highest BCUT2D eigenvalue weighted by molar-refractivity contribution is 6.05. The Morgan fingerprint density at radius 1 is 1.39 bits per heavy atom. The van der Waals surface area contributed by atoms with E-state index in [1.54, 1.807) is 6.07 Å². The molecule has 0 aliphatic carbocycles. The van der Waals surface area contributed by atoms with Crippen molar-refractivity contribution >= 4 is 16.8 Å². The van der Waals surface area contributed by atoms with Gasteiger partial charge in [0.05, 0.1) is 17.7 Å². The fraction of sp³-hybridized carbons (Fsp3) is 0.286. The third kappa shape index (κ3) is 2.59. The maximum atomic E-state index is 11.4. The first-order chi connectivity index (χ1) is 8.72. The summed E-state index contributed by atoms with van der Waals surface area (Å²) in [6, 6.07) is 9.01. The van der Waals surface area contributed by atoms with E-state index >= 15 is 0 Å². The number of hydrogen-bond acceptors (Lipinski definition) is 3. The molecule has 2 aromatic rings. The Hall–Kier alpha value is -2.10. The van der Waals surface area contributed by atoms with Crippen molar-refractivity contribution in [3.63, 3.8) is 0 Å². The van der Waals surface area contributed by atoms with E-state index in [1.807, 2.05) is 24.3 Å². The largest absolute Gasteiger partial charge is 0.478 e. The number of ether oxygens (including phenoxy) is 1. The average Bonchev–Trinajstić information content (AvgIpc) is 2.38. The summed E-state index contributed by atoms with van der Waals surface area (Å²) < 4.78 is 5.53. The summed E-state index contributed by atoms with van der Waals surface area (Å²) in [6.07, 6.45) is 2.01. The van der Waals surface area contributed by atoms with Crippen LogP contribution in [0.4, 0.5) is 0 Å². The molecule has 0 aliphatic rings. The second-order valence-corrected chi connectivity index (χ2v) is 4.09. The fourth-order valence-corrected chi connectivity index (χ4v) is 1.75. The van der Waals surface area contributed by atoms with Crippen LogP contribution >= 0.6 is 0 Å². The van der Waals surface area contributed by atoms with Crippen LogP contribution in [0.25, 0.3) is 10.9 Å². The molecular formula is C14H16N2O2. The van der Waals surface area contributed by atoms with Crippen LogP contribution in [0.2, 0.25) is 0 Å². The molecule has 0 saturated carbocycles. The topological polar surface area (TPSA) is 65.2 Å². The molecule has 94 valence electrons. The number of para-hydroxylation sites is 1. The summed E-state index contributed by atoms with van der Waals surface area (Å²) in [5, 5.41) is 0.757. The fourth-order valence-electron chi connectivity index (χ4n) is 1.75. The molecule has 0 bridgehead atoms. The lowest BCUT2D eigenvalue weighted by molar-refractivity contribution is 0.100. The molecule has 0 unspecified atom stereocenters. The van der Waals surface area contributed by atoms with E-state index in [2.05, 4.69) is 11.9 Å². The minimum absolute atomic E-state index is 0.451. The van der Waals surface area contributed by atoms with Crippen LogP contribution in [0.1, 0.15) is 30.1 Å². The van der Waals surface area contributed by atoms with Gasteiger partial charge in [0.25, 0.3) is 0 Å². The Bertz CT molecular complexity index is 567. The first-order valence-corrected chi connectivity index (χ1v) is 6.04. The first-order valence-electron chi connectivity index (χ1n) is 6.04. The number of unbranched alkanes of at least 4 members (excludes halogenated alkanes) is 1. The summed E-state index contributed by atoms with van der Waals surface area (Å²) in [5.41, 5.74) is 6.55. The standard InChI is InChI=1S/C14H16N2O2/c1-2-3-8-18-13-9-11(14(15)17)10-6-4-5-7-12(10)16-13/h4-7,9H,2-3,8H2,1H3,(H2,15,17). The lowest BCUT2D eigenvalue weighted by Crippen LogP contribution is -2.12. The molecule has 18 heavy (non-hydrogen) atoms. The Balaban J connectivity index is 2.41. The third-order valence-electron chi connectivity index (χ3n) is 2.71. The average molecular weight is 244 g/mol. The van der Waals surface area contributed by atoms with Crippen molar-refractivity contribution in [1.82, 2.24) is 4.98 Å². The maximum absolute atomic E-state index is 11.4. The molecule has 4 nitrogen and oxygen atoms in total. The molecule has 0 atom stereocenters. The van der Waals surface area contributed by atoms with Crippen LogP contribution in [0, 0.1) is 0 Å². The van der Waals surface area contributed by atoms with Crippen molar-refractivity contribution < 1.29 is 9.53 Å². The normalized spacial score (nSPS) is 10.5. The molecule has 0 saturated heterocycles. The molecule has 0 radical (unpaired) electrons. The molecule has 2 rings (SSSR count). The summed E-state index contributed by atoms with van der Waals surface area (Å²) in [4.78, 5) is 15.8. The van der Waals surface area contributed by atoms with Crippen molar-refractivity contribution in [3.8, 4) is 5.88 Å². The first kappa shape index (κ1) is 12.4. The number of carbonyl (C=O) groups excluding carboxylic acids is 1. The monoisotopic (exact) mass is 244 g/mol. The van der Waals surface area contributed by atoms with Gasteiger partial charge in [-0.1, -0.05) is 31.5 Å². The van der Waals surface area contributed by atoms with Crippen LogP contribution in [0.3, 0.4) is 0 Å². The van der Waals surface area contributed by atoms with Crippen LogP contribution < -0.4 is 10.5 Å². The number of nitrogens with two attached hydrogens (primary N) is 1. The summed E-state index contributed by atoms with van der Waals surface area (Å²) in [6.45, 7) is 2.69. The van der Waals surface area contributed by atoms with Crippen molar-refractivity contribution in [2.24, 2.45) is 5.73 Å². The van der Waals surface area contributed by atoms with Gasteiger partial charge in [0, 0.05) is 11.5 Å².